The van der Waals surface area contributed by atoms with Gasteiger partial charge in [-0.2, -0.15) is 0 Å². The molecule has 0 atom stereocenters. The summed E-state index contributed by atoms with van der Waals surface area (Å²) < 4.78 is 12.9. The van der Waals surface area contributed by atoms with E-state index in [1.54, 1.807) is 0 Å². The van der Waals surface area contributed by atoms with E-state index in [0.29, 0.717) is 5.58 Å². The third kappa shape index (κ3) is 2.26. The van der Waals surface area contributed by atoms with E-state index in [0.717, 1.165) is 60.5 Å². The van der Waals surface area contributed by atoms with E-state index in [1.807, 2.05) is 24.3 Å². The maximum absolute atomic E-state index is 6.50. The van der Waals surface area contributed by atoms with Crippen LogP contribution in [0.25, 0.3) is 77.3 Å². The Bertz CT molecular complexity index is 1790. The Morgan fingerprint density at radius 1 is 0.471 bits per heavy atom. The summed E-state index contributed by atoms with van der Waals surface area (Å²) >= 11 is 0. The molecular weight excluding hydrogens is 416 g/mol. The molecule has 34 heavy (non-hydrogen) atoms. The first-order valence-electron chi connectivity index (χ1n) is 11.4. The highest BCUT2D eigenvalue weighted by Crippen LogP contribution is 2.49. The molecule has 0 bridgehead atoms. The van der Waals surface area contributed by atoms with Gasteiger partial charge in [0.25, 0.3) is 0 Å². The number of rotatable bonds is 2. The lowest BCUT2D eigenvalue weighted by Gasteiger charge is -2.20. The van der Waals surface area contributed by atoms with E-state index in [-0.39, 0.29) is 0 Å². The molecular formula is C32H16O2. The van der Waals surface area contributed by atoms with Crippen molar-refractivity contribution in [3.63, 3.8) is 0 Å². The average molecular weight is 432 g/mol. The van der Waals surface area contributed by atoms with Crippen molar-refractivity contribution < 1.29 is 8.83 Å². The number of benzene rings is 5. The molecule has 0 unspecified atom stereocenters. The average Bonchev–Trinajstić information content (AvgIpc) is 2.91. The van der Waals surface area contributed by atoms with E-state index >= 15 is 0 Å². The highest BCUT2D eigenvalue weighted by atomic mass is 16.3. The van der Waals surface area contributed by atoms with Crippen LogP contribution >= 0.6 is 0 Å². The van der Waals surface area contributed by atoms with E-state index < -0.39 is 0 Å². The molecule has 0 aromatic heterocycles. The molecule has 156 valence electrons. The molecule has 6 aromatic carbocycles. The van der Waals surface area contributed by atoms with Crippen molar-refractivity contribution in [3.8, 4) is 33.4 Å². The molecule has 0 saturated heterocycles. The van der Waals surface area contributed by atoms with Gasteiger partial charge in [0.1, 0.15) is 16.7 Å². The van der Waals surface area contributed by atoms with E-state index in [2.05, 4.69) is 84.9 Å². The van der Waals surface area contributed by atoms with Crippen molar-refractivity contribution in [2.24, 2.45) is 0 Å². The van der Waals surface area contributed by atoms with Gasteiger partial charge in [0.05, 0.1) is 0 Å². The van der Waals surface area contributed by atoms with Crippen LogP contribution in [-0.4, -0.2) is 0 Å². The van der Waals surface area contributed by atoms with Crippen LogP contribution in [0.4, 0.5) is 0 Å². The predicted octanol–water partition coefficient (Wildman–Crippen LogP) is 8.96. The molecule has 2 nitrogen and oxygen atoms in total. The van der Waals surface area contributed by atoms with Crippen molar-refractivity contribution in [3.05, 3.63) is 109 Å². The van der Waals surface area contributed by atoms with Gasteiger partial charge in [-0.3, -0.25) is 0 Å². The Kier molecular flexibility index (Phi) is 3.35. The Hall–Kier alpha value is -4.74. The summed E-state index contributed by atoms with van der Waals surface area (Å²) in [6.45, 7) is 0. The molecule has 0 N–H and O–H groups in total. The minimum Gasteiger partial charge on any atom is -0.456 e. The summed E-state index contributed by atoms with van der Waals surface area (Å²) in [4.78, 5) is 0. The number of hydrogen-bond donors (Lipinski definition) is 0. The lowest BCUT2D eigenvalue weighted by Crippen LogP contribution is -1.95. The zero-order chi connectivity index (χ0) is 22.2. The normalized spacial score (nSPS) is 11.9. The van der Waals surface area contributed by atoms with Crippen molar-refractivity contribution >= 4 is 43.9 Å². The third-order valence-corrected chi connectivity index (χ3v) is 6.90. The van der Waals surface area contributed by atoms with Crippen LogP contribution in [0.3, 0.4) is 0 Å². The summed E-state index contributed by atoms with van der Waals surface area (Å²) in [5.74, 6) is 0. The maximum atomic E-state index is 6.50. The van der Waals surface area contributed by atoms with Gasteiger partial charge >= 0.3 is 0 Å². The first kappa shape index (κ1) is 17.8. The van der Waals surface area contributed by atoms with Crippen LogP contribution in [0.2, 0.25) is 0 Å². The van der Waals surface area contributed by atoms with Gasteiger partial charge in [-0.15, -0.1) is 0 Å². The standard InChI is InChI=1S/C32H16O2/c1-3-7-19(8-4-1)21-11-15-25-29-23(21)13-17-27-31(29)32-28(33-25)18-14-24-22(20-9-5-2-6-10-20)12-16-26(34-27)30(24)32/h1-11,13-15,17-18H. The second kappa shape index (κ2) is 6.41. The topological polar surface area (TPSA) is 26.3 Å². The van der Waals surface area contributed by atoms with E-state index in [1.165, 1.54) is 11.1 Å². The molecule has 0 saturated carbocycles. The quantitative estimate of drug-likeness (QED) is 0.201. The summed E-state index contributed by atoms with van der Waals surface area (Å²) in [6, 6.07) is 40.1. The molecule has 0 spiro atoms. The van der Waals surface area contributed by atoms with Crippen LogP contribution in [-0.2, 0) is 0 Å². The number of hydrogen-bond acceptors (Lipinski definition) is 2. The van der Waals surface area contributed by atoms with Gasteiger partial charge in [0, 0.05) is 32.8 Å². The highest BCUT2D eigenvalue weighted by Gasteiger charge is 2.26. The first-order chi connectivity index (χ1) is 16.9. The van der Waals surface area contributed by atoms with Gasteiger partial charge in [0.15, 0.2) is 5.58 Å². The molecule has 0 amide bonds. The summed E-state index contributed by atoms with van der Waals surface area (Å²) in [7, 11) is 0. The van der Waals surface area contributed by atoms with Crippen molar-refractivity contribution in [1.29, 1.82) is 0 Å². The minimum absolute atomic E-state index is 0.699. The summed E-state index contributed by atoms with van der Waals surface area (Å²) in [5, 5.41) is 4.38. The molecule has 0 aliphatic carbocycles. The molecule has 2 heterocycles. The highest BCUT2D eigenvalue weighted by molar-refractivity contribution is 6.25. The zero-order valence-corrected chi connectivity index (χ0v) is 18.1. The second-order valence-electron chi connectivity index (χ2n) is 8.72. The van der Waals surface area contributed by atoms with Crippen LogP contribution in [0.15, 0.2) is 106 Å². The van der Waals surface area contributed by atoms with E-state index in [4.69, 9.17) is 8.83 Å². The Labute approximate surface area is 195 Å². The summed E-state index contributed by atoms with van der Waals surface area (Å²) in [5.41, 5.74) is 9.93. The summed E-state index contributed by atoms with van der Waals surface area (Å²) in [6.07, 6.45) is 0. The SMILES string of the molecule is c1c(-c2ccccc2)c2ccc3oc4ccc(-c5ccccc5)c5ccc6oc(c#1)c2c3-c6c45. The first-order valence-corrected chi connectivity index (χ1v) is 11.4. The van der Waals surface area contributed by atoms with Crippen molar-refractivity contribution in [2.75, 3.05) is 0 Å². The van der Waals surface area contributed by atoms with Crippen LogP contribution < -0.4 is 0 Å². The lowest BCUT2D eigenvalue weighted by molar-refractivity contribution is 0.646. The van der Waals surface area contributed by atoms with E-state index in [9.17, 15) is 0 Å². The van der Waals surface area contributed by atoms with Gasteiger partial charge < -0.3 is 8.83 Å². The lowest BCUT2D eigenvalue weighted by atomic mass is 9.87. The Balaban J connectivity index is 1.55. The molecule has 0 radical (unpaired) electrons. The van der Waals surface area contributed by atoms with Gasteiger partial charge in [-0.25, -0.2) is 0 Å². The largest absolute Gasteiger partial charge is 0.456 e. The monoisotopic (exact) mass is 432 g/mol. The minimum atomic E-state index is 0.699. The van der Waals surface area contributed by atoms with Crippen molar-refractivity contribution in [1.82, 2.24) is 0 Å². The second-order valence-corrected chi connectivity index (χ2v) is 8.72. The maximum Gasteiger partial charge on any atom is 0.186 e. The molecule has 2 aliphatic heterocycles. The van der Waals surface area contributed by atoms with Crippen molar-refractivity contribution in [2.45, 2.75) is 0 Å². The molecule has 2 heteroatoms. The fourth-order valence-corrected chi connectivity index (χ4v) is 5.43. The fourth-order valence-electron chi connectivity index (χ4n) is 5.43. The van der Waals surface area contributed by atoms with Crippen LogP contribution in [0.5, 0.6) is 0 Å². The Morgan fingerprint density at radius 3 is 1.91 bits per heavy atom. The molecule has 2 aliphatic rings. The van der Waals surface area contributed by atoms with Gasteiger partial charge in [-0.1, -0.05) is 72.8 Å². The predicted molar refractivity (Wildman–Crippen MR) is 137 cm³/mol. The Morgan fingerprint density at radius 2 is 1.12 bits per heavy atom. The molecule has 0 fully saturated rings. The third-order valence-electron chi connectivity index (χ3n) is 6.90. The van der Waals surface area contributed by atoms with Gasteiger partial charge in [0.2, 0.25) is 0 Å². The van der Waals surface area contributed by atoms with Crippen LogP contribution in [0.1, 0.15) is 0 Å². The molecule has 8 rings (SSSR count). The fraction of sp³-hybridized carbons (Fsp3) is 0. The van der Waals surface area contributed by atoms with Crippen LogP contribution in [0, 0.1) is 12.1 Å². The van der Waals surface area contributed by atoms with Gasteiger partial charge in [-0.05, 0) is 58.5 Å². The molecule has 6 aromatic rings. The zero-order valence-electron chi connectivity index (χ0n) is 18.1. The smallest absolute Gasteiger partial charge is 0.186 e.